The number of carbonyl (C=O) groups is 2. The Labute approximate surface area is 191 Å². The number of nitrogens with one attached hydrogen (secondary N) is 1. The normalized spacial score (nSPS) is 13.8. The highest BCUT2D eigenvalue weighted by Gasteiger charge is 2.16. The van der Waals surface area contributed by atoms with Crippen molar-refractivity contribution >= 4 is 34.4 Å². The molecule has 0 saturated heterocycles. The fraction of sp³-hybridized carbons (Fsp3) is 0.200. The third-order valence-corrected chi connectivity index (χ3v) is 5.75. The van der Waals surface area contributed by atoms with Crippen LogP contribution in [-0.4, -0.2) is 56.9 Å². The van der Waals surface area contributed by atoms with Gasteiger partial charge in [0, 0.05) is 31.0 Å². The minimum atomic E-state index is -0.250. The topological polar surface area (TPSA) is 99.8 Å². The third-order valence-electron chi connectivity index (χ3n) is 5.75. The summed E-state index contributed by atoms with van der Waals surface area (Å²) in [7, 11) is 2.14. The Balaban J connectivity index is 0.000000821. The first-order valence-electron chi connectivity index (χ1n) is 10.6. The van der Waals surface area contributed by atoms with Crippen molar-refractivity contribution in [2.75, 3.05) is 20.1 Å². The Morgan fingerprint density at radius 3 is 2.73 bits per heavy atom. The van der Waals surface area contributed by atoms with Crippen LogP contribution in [0.3, 0.4) is 0 Å². The summed E-state index contributed by atoms with van der Waals surface area (Å²) in [5.41, 5.74) is 4.96. The minimum absolute atomic E-state index is 0.0842. The lowest BCUT2D eigenvalue weighted by Gasteiger charge is -2.23. The number of nitrogens with zero attached hydrogens (tertiary/aromatic N) is 4. The van der Waals surface area contributed by atoms with E-state index in [1.165, 1.54) is 11.1 Å². The smallest absolute Gasteiger partial charge is 0.290 e. The second-order valence-corrected chi connectivity index (χ2v) is 7.79. The molecule has 0 atom stereocenters. The van der Waals surface area contributed by atoms with Crippen molar-refractivity contribution in [3.05, 3.63) is 84.1 Å². The van der Waals surface area contributed by atoms with Gasteiger partial charge in [0.05, 0.1) is 24.6 Å². The van der Waals surface area contributed by atoms with Crippen LogP contribution in [0.1, 0.15) is 28.0 Å². The molecule has 2 aromatic heterocycles. The highest BCUT2D eigenvalue weighted by Crippen LogP contribution is 2.31. The quantitative estimate of drug-likeness (QED) is 0.470. The number of imidazole rings is 1. The summed E-state index contributed by atoms with van der Waals surface area (Å²) in [6.07, 6.45) is 10.4. The monoisotopic (exact) mass is 443 g/mol. The van der Waals surface area contributed by atoms with Gasteiger partial charge in [-0.3, -0.25) is 19.0 Å². The molecule has 1 aliphatic heterocycles. The molecule has 1 amide bonds. The summed E-state index contributed by atoms with van der Waals surface area (Å²) in [5.74, 6) is -0.0842. The average molecular weight is 444 g/mol. The van der Waals surface area contributed by atoms with Crippen LogP contribution in [0.5, 0.6) is 0 Å². The van der Waals surface area contributed by atoms with Crippen molar-refractivity contribution in [2.24, 2.45) is 0 Å². The summed E-state index contributed by atoms with van der Waals surface area (Å²) in [6, 6.07) is 12.2. The van der Waals surface area contributed by atoms with Gasteiger partial charge in [-0.25, -0.2) is 4.98 Å². The molecule has 168 valence electrons. The number of hydrogen-bond acceptors (Lipinski definition) is 5. The lowest BCUT2D eigenvalue weighted by molar-refractivity contribution is -0.122. The van der Waals surface area contributed by atoms with Crippen LogP contribution in [0.15, 0.2) is 67.3 Å². The molecule has 33 heavy (non-hydrogen) atoms. The van der Waals surface area contributed by atoms with Crippen LogP contribution in [0.4, 0.5) is 0 Å². The lowest BCUT2D eigenvalue weighted by Crippen LogP contribution is -2.24. The van der Waals surface area contributed by atoms with Crippen molar-refractivity contribution in [3.63, 3.8) is 0 Å². The van der Waals surface area contributed by atoms with Crippen molar-refractivity contribution < 1.29 is 14.7 Å². The molecule has 2 N–H and O–H groups in total. The molecule has 5 rings (SSSR count). The highest BCUT2D eigenvalue weighted by molar-refractivity contribution is 6.09. The summed E-state index contributed by atoms with van der Waals surface area (Å²) >= 11 is 0. The summed E-state index contributed by atoms with van der Waals surface area (Å²) in [4.78, 5) is 32.1. The molecule has 8 nitrogen and oxygen atoms in total. The zero-order valence-corrected chi connectivity index (χ0v) is 18.3. The number of carbonyl (C=O) groups excluding carboxylic acids is 1. The third kappa shape index (κ3) is 4.75. The number of carboxylic acid groups (broad SMARTS) is 1. The molecule has 8 heteroatoms. The Hall–Kier alpha value is -4.04. The molecule has 2 aromatic carbocycles. The van der Waals surface area contributed by atoms with Crippen LogP contribution in [0.2, 0.25) is 0 Å². The number of rotatable bonds is 4. The van der Waals surface area contributed by atoms with Gasteiger partial charge in [0.2, 0.25) is 0 Å². The first-order chi connectivity index (χ1) is 16.1. The molecule has 1 aliphatic rings. The average Bonchev–Trinajstić information content (AvgIpc) is 3.26. The summed E-state index contributed by atoms with van der Waals surface area (Å²) in [6.45, 7) is 2.16. The molecule has 4 aromatic rings. The first-order valence-corrected chi connectivity index (χ1v) is 10.6. The van der Waals surface area contributed by atoms with Crippen LogP contribution < -0.4 is 5.32 Å². The SMILES string of the molecule is CN1CC=C(c2ccc(C(=O)NCc3cnc4cnccn34)c3ccccc23)CC1.O=CO. The summed E-state index contributed by atoms with van der Waals surface area (Å²) < 4.78 is 1.93. The van der Waals surface area contributed by atoms with E-state index in [2.05, 4.69) is 45.4 Å². The van der Waals surface area contributed by atoms with Gasteiger partial charge >= 0.3 is 0 Å². The molecular weight excluding hydrogens is 418 g/mol. The Morgan fingerprint density at radius 1 is 1.18 bits per heavy atom. The van der Waals surface area contributed by atoms with E-state index in [9.17, 15) is 4.79 Å². The highest BCUT2D eigenvalue weighted by atomic mass is 16.3. The Morgan fingerprint density at radius 2 is 1.97 bits per heavy atom. The van der Waals surface area contributed by atoms with Crippen molar-refractivity contribution in [3.8, 4) is 0 Å². The van der Waals surface area contributed by atoms with Crippen LogP contribution in [-0.2, 0) is 11.3 Å². The standard InChI is InChI=1S/C24H23N5O.CH2O2/c1-28-11-8-17(9-12-28)19-6-7-22(21-5-3-2-4-20(19)21)24(30)27-15-18-14-26-23-16-25-10-13-29(18)23;2-1-3/h2-8,10,13-14,16H,9,11-12,15H2,1H3,(H,27,30);1H,(H,2,3). The van der Waals surface area contributed by atoms with Gasteiger partial charge in [0.25, 0.3) is 12.4 Å². The zero-order valence-electron chi connectivity index (χ0n) is 18.3. The van der Waals surface area contributed by atoms with E-state index < -0.39 is 0 Å². The van der Waals surface area contributed by atoms with Crippen LogP contribution in [0.25, 0.3) is 22.0 Å². The van der Waals surface area contributed by atoms with Gasteiger partial charge in [-0.15, -0.1) is 0 Å². The maximum atomic E-state index is 13.0. The molecule has 0 bridgehead atoms. The molecule has 0 aliphatic carbocycles. The molecule has 0 spiro atoms. The summed E-state index contributed by atoms with van der Waals surface area (Å²) in [5, 5.41) is 12.0. The molecule has 0 unspecified atom stereocenters. The minimum Gasteiger partial charge on any atom is -0.483 e. The molecule has 0 radical (unpaired) electrons. The predicted molar refractivity (Wildman–Crippen MR) is 127 cm³/mol. The maximum absolute atomic E-state index is 13.0. The van der Waals surface area contributed by atoms with E-state index in [0.29, 0.717) is 12.1 Å². The molecular formula is C25H25N5O3. The number of fused-ring (bicyclic) bond motifs is 2. The Kier molecular flexibility index (Phi) is 6.75. The number of aromatic nitrogens is 3. The lowest BCUT2D eigenvalue weighted by atomic mass is 9.92. The number of hydrogen-bond donors (Lipinski definition) is 2. The van der Waals surface area contributed by atoms with Crippen molar-refractivity contribution in [1.82, 2.24) is 24.6 Å². The second-order valence-electron chi connectivity index (χ2n) is 7.79. The van der Waals surface area contributed by atoms with E-state index in [0.717, 1.165) is 41.6 Å². The van der Waals surface area contributed by atoms with Gasteiger partial charge < -0.3 is 15.3 Å². The fourth-order valence-electron chi connectivity index (χ4n) is 4.08. The first kappa shape index (κ1) is 22.2. The van der Waals surface area contributed by atoms with E-state index >= 15 is 0 Å². The number of amides is 1. The van der Waals surface area contributed by atoms with E-state index in [-0.39, 0.29) is 12.4 Å². The van der Waals surface area contributed by atoms with E-state index in [1.807, 2.05) is 34.9 Å². The second kappa shape index (κ2) is 10.1. The zero-order chi connectivity index (χ0) is 23.2. The largest absolute Gasteiger partial charge is 0.483 e. The van der Waals surface area contributed by atoms with Crippen LogP contribution in [0, 0.1) is 0 Å². The molecule has 0 saturated carbocycles. The van der Waals surface area contributed by atoms with E-state index in [1.54, 1.807) is 18.6 Å². The Bertz CT molecular complexity index is 1330. The van der Waals surface area contributed by atoms with Crippen LogP contribution >= 0.6 is 0 Å². The number of benzene rings is 2. The maximum Gasteiger partial charge on any atom is 0.290 e. The molecule has 3 heterocycles. The van der Waals surface area contributed by atoms with Gasteiger partial charge in [0.1, 0.15) is 0 Å². The van der Waals surface area contributed by atoms with Crippen molar-refractivity contribution in [1.29, 1.82) is 0 Å². The van der Waals surface area contributed by atoms with Gasteiger partial charge in [-0.2, -0.15) is 0 Å². The predicted octanol–water partition coefficient (Wildman–Crippen LogP) is 3.23. The fourth-order valence-corrected chi connectivity index (χ4v) is 4.08. The van der Waals surface area contributed by atoms with Crippen molar-refractivity contribution in [2.45, 2.75) is 13.0 Å². The van der Waals surface area contributed by atoms with Gasteiger partial charge in [-0.05, 0) is 41.4 Å². The van der Waals surface area contributed by atoms with E-state index in [4.69, 9.17) is 9.90 Å². The molecule has 0 fully saturated rings. The number of likely N-dealkylation sites (N-methyl/N-ethyl adjacent to an activating group) is 1. The van der Waals surface area contributed by atoms with Gasteiger partial charge in [-0.1, -0.05) is 36.4 Å². The van der Waals surface area contributed by atoms with Gasteiger partial charge in [0.15, 0.2) is 5.65 Å².